The smallest absolute Gasteiger partial charge is 0.273 e. The van der Waals surface area contributed by atoms with Gasteiger partial charge in [0.1, 0.15) is 6.33 Å². The summed E-state index contributed by atoms with van der Waals surface area (Å²) >= 11 is 0. The highest BCUT2D eigenvalue weighted by atomic mass is 16.2. The second-order valence-corrected chi connectivity index (χ2v) is 5.12. The number of amides is 1. The van der Waals surface area contributed by atoms with Gasteiger partial charge in [-0.2, -0.15) is 5.10 Å². The maximum atomic E-state index is 12.4. The lowest BCUT2D eigenvalue weighted by molar-refractivity contribution is 0.0934. The van der Waals surface area contributed by atoms with Gasteiger partial charge in [0.15, 0.2) is 11.5 Å². The van der Waals surface area contributed by atoms with Gasteiger partial charge in [-0.25, -0.2) is 0 Å². The van der Waals surface area contributed by atoms with E-state index in [0.717, 1.165) is 16.5 Å². The van der Waals surface area contributed by atoms with E-state index < -0.39 is 0 Å². The molecule has 2 heterocycles. The van der Waals surface area contributed by atoms with Crippen molar-refractivity contribution in [2.45, 2.75) is 19.9 Å². The van der Waals surface area contributed by atoms with Crippen LogP contribution in [0.3, 0.4) is 0 Å². The van der Waals surface area contributed by atoms with Gasteiger partial charge in [0.05, 0.1) is 11.6 Å². The molecule has 0 aliphatic carbocycles. The number of rotatable bonds is 3. The quantitative estimate of drug-likeness (QED) is 0.762. The Morgan fingerprint density at radius 3 is 2.95 bits per heavy atom. The first kappa shape index (κ1) is 13.3. The fraction of sp³-hybridized carbons (Fsp3) is 0.286. The number of aryl methyl sites for hydroxylation is 2. The maximum Gasteiger partial charge on any atom is 0.273 e. The van der Waals surface area contributed by atoms with Crippen LogP contribution < -0.4 is 5.32 Å². The lowest BCUT2D eigenvalue weighted by Crippen LogP contribution is -2.28. The molecular formula is C14H16N6O. The first-order chi connectivity index (χ1) is 10.1. The van der Waals surface area contributed by atoms with Crippen molar-refractivity contribution in [1.82, 2.24) is 30.3 Å². The van der Waals surface area contributed by atoms with Gasteiger partial charge in [0.2, 0.25) is 0 Å². The van der Waals surface area contributed by atoms with Crippen LogP contribution >= 0.6 is 0 Å². The van der Waals surface area contributed by atoms with E-state index in [-0.39, 0.29) is 11.9 Å². The Hall–Kier alpha value is -2.70. The number of H-pyrrole nitrogens is 1. The molecule has 0 fully saturated rings. The third-order valence-corrected chi connectivity index (χ3v) is 3.41. The highest BCUT2D eigenvalue weighted by Gasteiger charge is 2.19. The maximum absolute atomic E-state index is 12.4. The van der Waals surface area contributed by atoms with Gasteiger partial charge in [0.25, 0.3) is 5.91 Å². The zero-order valence-corrected chi connectivity index (χ0v) is 12.1. The highest BCUT2D eigenvalue weighted by molar-refractivity contribution is 6.04. The van der Waals surface area contributed by atoms with E-state index in [2.05, 4.69) is 25.7 Å². The fourth-order valence-electron chi connectivity index (χ4n) is 2.31. The van der Waals surface area contributed by atoms with Crippen molar-refractivity contribution in [2.75, 3.05) is 0 Å². The average molecular weight is 284 g/mol. The number of benzene rings is 1. The summed E-state index contributed by atoms with van der Waals surface area (Å²) in [6, 6.07) is 5.59. The van der Waals surface area contributed by atoms with Crippen molar-refractivity contribution in [1.29, 1.82) is 0 Å². The van der Waals surface area contributed by atoms with Crippen LogP contribution in [0.1, 0.15) is 34.8 Å². The van der Waals surface area contributed by atoms with Crippen LogP contribution in [-0.4, -0.2) is 30.9 Å². The summed E-state index contributed by atoms with van der Waals surface area (Å²) < 4.78 is 1.78. The molecule has 0 spiro atoms. The predicted molar refractivity (Wildman–Crippen MR) is 77.7 cm³/mol. The van der Waals surface area contributed by atoms with Crippen LogP contribution in [0, 0.1) is 6.92 Å². The molecule has 1 atom stereocenters. The topological polar surface area (TPSA) is 88.5 Å². The molecule has 1 amide bonds. The molecule has 1 aromatic carbocycles. The molecule has 7 heteroatoms. The highest BCUT2D eigenvalue weighted by Crippen LogP contribution is 2.18. The molecular weight excluding hydrogens is 268 g/mol. The van der Waals surface area contributed by atoms with Crippen LogP contribution in [0.2, 0.25) is 0 Å². The standard InChI is InChI=1S/C14H16N6O/c1-8-4-5-11-10(6-8)12(18-17-11)14(21)16-9(2)13-19-15-7-20(13)3/h4-7,9H,1-3H3,(H,16,21)(H,17,18)/t9-/m0/s1. The molecule has 0 saturated carbocycles. The molecule has 0 bridgehead atoms. The Morgan fingerprint density at radius 1 is 1.43 bits per heavy atom. The number of nitrogens with one attached hydrogen (secondary N) is 2. The fourth-order valence-corrected chi connectivity index (χ4v) is 2.31. The van der Waals surface area contributed by atoms with Gasteiger partial charge in [-0.3, -0.25) is 9.89 Å². The van der Waals surface area contributed by atoms with Crippen molar-refractivity contribution < 1.29 is 4.79 Å². The third-order valence-electron chi connectivity index (χ3n) is 3.41. The number of carbonyl (C=O) groups is 1. The van der Waals surface area contributed by atoms with Crippen molar-refractivity contribution in [2.24, 2.45) is 7.05 Å². The summed E-state index contributed by atoms with van der Waals surface area (Å²) in [7, 11) is 1.84. The molecule has 7 nitrogen and oxygen atoms in total. The monoisotopic (exact) mass is 284 g/mol. The predicted octanol–water partition coefficient (Wildman–Crippen LogP) is 1.49. The molecule has 2 aromatic heterocycles. The largest absolute Gasteiger partial charge is 0.341 e. The Labute approximate surface area is 121 Å². The number of hydrogen-bond donors (Lipinski definition) is 2. The minimum atomic E-state index is -0.249. The Morgan fingerprint density at radius 2 is 2.24 bits per heavy atom. The number of carbonyl (C=O) groups excluding carboxylic acids is 1. The minimum Gasteiger partial charge on any atom is -0.341 e. The van der Waals surface area contributed by atoms with E-state index in [1.807, 2.05) is 39.1 Å². The SMILES string of the molecule is Cc1ccc2[nH]nc(C(=O)N[C@@H](C)c3nncn3C)c2c1. The summed E-state index contributed by atoms with van der Waals surface area (Å²) in [5.74, 6) is 0.460. The zero-order valence-electron chi connectivity index (χ0n) is 12.1. The van der Waals surface area contributed by atoms with E-state index in [9.17, 15) is 4.79 Å². The van der Waals surface area contributed by atoms with Gasteiger partial charge >= 0.3 is 0 Å². The summed E-state index contributed by atoms with van der Waals surface area (Å²) in [6.45, 7) is 3.85. The van der Waals surface area contributed by atoms with E-state index >= 15 is 0 Å². The number of aromatic amines is 1. The van der Waals surface area contributed by atoms with Gasteiger partial charge < -0.3 is 9.88 Å². The second kappa shape index (κ2) is 5.01. The summed E-state index contributed by atoms with van der Waals surface area (Å²) in [5, 5.41) is 18.5. The molecule has 2 N–H and O–H groups in total. The molecule has 0 saturated heterocycles. The number of hydrogen-bond acceptors (Lipinski definition) is 4. The van der Waals surface area contributed by atoms with Crippen molar-refractivity contribution in [3.63, 3.8) is 0 Å². The number of nitrogens with zero attached hydrogens (tertiary/aromatic N) is 4. The van der Waals surface area contributed by atoms with Crippen LogP contribution in [-0.2, 0) is 7.05 Å². The molecule has 0 aliphatic rings. The van der Waals surface area contributed by atoms with Gasteiger partial charge in [-0.15, -0.1) is 10.2 Å². The van der Waals surface area contributed by atoms with Crippen molar-refractivity contribution >= 4 is 16.8 Å². The Kier molecular flexibility index (Phi) is 3.17. The number of fused-ring (bicyclic) bond motifs is 1. The minimum absolute atomic E-state index is 0.234. The summed E-state index contributed by atoms with van der Waals surface area (Å²) in [4.78, 5) is 12.4. The Bertz CT molecular complexity index is 803. The summed E-state index contributed by atoms with van der Waals surface area (Å²) in [6.07, 6.45) is 1.60. The van der Waals surface area contributed by atoms with Crippen molar-refractivity contribution in [3.8, 4) is 0 Å². The number of aromatic nitrogens is 5. The van der Waals surface area contributed by atoms with Gasteiger partial charge in [-0.1, -0.05) is 11.6 Å². The van der Waals surface area contributed by atoms with Gasteiger partial charge in [-0.05, 0) is 26.0 Å². The lowest BCUT2D eigenvalue weighted by Gasteiger charge is -2.11. The molecule has 3 aromatic rings. The first-order valence-electron chi connectivity index (χ1n) is 6.65. The van der Waals surface area contributed by atoms with Crippen LogP contribution in [0.4, 0.5) is 0 Å². The van der Waals surface area contributed by atoms with Gasteiger partial charge in [0, 0.05) is 12.4 Å². The molecule has 108 valence electrons. The third kappa shape index (κ3) is 2.37. The molecule has 0 aliphatic heterocycles. The molecule has 3 rings (SSSR count). The molecule has 0 radical (unpaired) electrons. The summed E-state index contributed by atoms with van der Waals surface area (Å²) in [5.41, 5.74) is 2.32. The van der Waals surface area contributed by atoms with E-state index in [1.165, 1.54) is 0 Å². The van der Waals surface area contributed by atoms with E-state index in [1.54, 1.807) is 10.9 Å². The normalized spacial score (nSPS) is 12.5. The Balaban J connectivity index is 1.87. The zero-order chi connectivity index (χ0) is 15.0. The molecule has 21 heavy (non-hydrogen) atoms. The molecule has 0 unspecified atom stereocenters. The van der Waals surface area contributed by atoms with Crippen molar-refractivity contribution in [3.05, 3.63) is 41.6 Å². The second-order valence-electron chi connectivity index (χ2n) is 5.12. The first-order valence-corrected chi connectivity index (χ1v) is 6.65. The van der Waals surface area contributed by atoms with Crippen LogP contribution in [0.15, 0.2) is 24.5 Å². The lowest BCUT2D eigenvalue weighted by atomic mass is 10.1. The van der Waals surface area contributed by atoms with Crippen LogP contribution in [0.5, 0.6) is 0 Å². The van der Waals surface area contributed by atoms with E-state index in [0.29, 0.717) is 11.5 Å². The average Bonchev–Trinajstić information content (AvgIpc) is 3.04. The van der Waals surface area contributed by atoms with E-state index in [4.69, 9.17) is 0 Å². The van der Waals surface area contributed by atoms with Crippen LogP contribution in [0.25, 0.3) is 10.9 Å².